The minimum atomic E-state index is -3.10. The number of hydrogen-bond donors (Lipinski definition) is 0. The molecule has 0 aromatic rings. The number of sulfone groups is 1. The second-order valence-corrected chi connectivity index (χ2v) is 4.87. The third-order valence-corrected chi connectivity index (χ3v) is 3.12. The van der Waals surface area contributed by atoms with Crippen LogP contribution >= 0.6 is 0 Å². The van der Waals surface area contributed by atoms with Crippen LogP contribution in [0.3, 0.4) is 0 Å². The molecule has 0 N–H and O–H groups in total. The van der Waals surface area contributed by atoms with E-state index in [2.05, 4.69) is 4.74 Å². The molecule has 0 aromatic carbocycles. The molecule has 4 nitrogen and oxygen atoms in total. The van der Waals surface area contributed by atoms with Crippen molar-refractivity contribution in [3.8, 4) is 6.07 Å². The lowest BCUT2D eigenvalue weighted by atomic mass is 10.3. The van der Waals surface area contributed by atoms with Crippen LogP contribution in [0.1, 0.15) is 6.92 Å². The van der Waals surface area contributed by atoms with E-state index in [0.29, 0.717) is 0 Å². The molecular weight excluding hydrogens is 178 g/mol. The van der Waals surface area contributed by atoms with Crippen molar-refractivity contribution in [3.05, 3.63) is 0 Å². The van der Waals surface area contributed by atoms with Gasteiger partial charge in [-0.1, -0.05) is 0 Å². The monoisotopic (exact) mass is 191 g/mol. The zero-order valence-electron chi connectivity index (χ0n) is 7.28. The minimum absolute atomic E-state index is 0.00444. The van der Waals surface area contributed by atoms with Crippen LogP contribution in [0.15, 0.2) is 0 Å². The third-order valence-electron chi connectivity index (χ3n) is 1.32. The summed E-state index contributed by atoms with van der Waals surface area (Å²) in [6.07, 6.45) is 0. The maximum Gasteiger partial charge on any atom is 0.153 e. The van der Waals surface area contributed by atoms with Crippen LogP contribution in [0.25, 0.3) is 0 Å². The Hall–Kier alpha value is -0.600. The molecular formula is C7H13NO3S. The molecule has 0 aliphatic carbocycles. The van der Waals surface area contributed by atoms with Gasteiger partial charge in [-0.15, -0.1) is 0 Å². The Morgan fingerprint density at radius 1 is 1.58 bits per heavy atom. The second-order valence-electron chi connectivity index (χ2n) is 2.64. The lowest BCUT2D eigenvalue weighted by Crippen LogP contribution is -2.18. The van der Waals surface area contributed by atoms with Gasteiger partial charge >= 0.3 is 0 Å². The summed E-state index contributed by atoms with van der Waals surface area (Å²) in [6, 6.07) is 1.88. The molecule has 0 saturated carbocycles. The highest BCUT2D eigenvalue weighted by Crippen LogP contribution is 2.00. The molecule has 5 heteroatoms. The summed E-state index contributed by atoms with van der Waals surface area (Å²) < 4.78 is 26.9. The molecule has 0 bridgehead atoms. The van der Waals surface area contributed by atoms with Gasteiger partial charge < -0.3 is 4.74 Å². The van der Waals surface area contributed by atoms with Gasteiger partial charge in [0.05, 0.1) is 30.1 Å². The number of nitriles is 1. The van der Waals surface area contributed by atoms with E-state index in [4.69, 9.17) is 5.26 Å². The van der Waals surface area contributed by atoms with Crippen molar-refractivity contribution in [1.29, 1.82) is 5.26 Å². The fourth-order valence-corrected chi connectivity index (χ4v) is 2.14. The van der Waals surface area contributed by atoms with Crippen LogP contribution in [0, 0.1) is 17.2 Å². The Labute approximate surface area is 73.1 Å². The Balaban J connectivity index is 3.99. The van der Waals surface area contributed by atoms with Gasteiger partial charge in [-0.25, -0.2) is 8.42 Å². The van der Waals surface area contributed by atoms with Crippen LogP contribution in [0.5, 0.6) is 0 Å². The molecule has 0 rings (SSSR count). The maximum atomic E-state index is 11.1. The van der Waals surface area contributed by atoms with Crippen LogP contribution in [0.2, 0.25) is 0 Å². The number of methoxy groups -OCH3 is 1. The van der Waals surface area contributed by atoms with Gasteiger partial charge in [0.15, 0.2) is 9.84 Å². The summed E-state index contributed by atoms with van der Waals surface area (Å²) in [5.74, 6) is -0.519. The first kappa shape index (κ1) is 11.4. The van der Waals surface area contributed by atoms with Crippen LogP contribution in [-0.4, -0.2) is 33.6 Å². The first-order valence-electron chi connectivity index (χ1n) is 3.61. The first-order valence-corrected chi connectivity index (χ1v) is 5.43. The average molecular weight is 191 g/mol. The van der Waals surface area contributed by atoms with E-state index in [1.807, 2.05) is 6.07 Å². The summed E-state index contributed by atoms with van der Waals surface area (Å²) in [7, 11) is -1.65. The molecule has 1 unspecified atom stereocenters. The number of ether oxygens (including phenoxy) is 1. The Kier molecular flexibility index (Phi) is 4.86. The minimum Gasteiger partial charge on any atom is -0.384 e. The van der Waals surface area contributed by atoms with Crippen LogP contribution < -0.4 is 0 Å². The SMILES string of the molecule is COCCS(=O)(=O)CC(C)C#N. The fraction of sp³-hybridized carbons (Fsp3) is 0.857. The van der Waals surface area contributed by atoms with Gasteiger partial charge in [-0.2, -0.15) is 5.26 Å². The predicted octanol–water partition coefficient (Wildman–Crippen LogP) is 0.207. The third kappa shape index (κ3) is 5.10. The molecule has 12 heavy (non-hydrogen) atoms. The molecule has 0 aliphatic rings. The standard InChI is InChI=1S/C7H13NO3S/c1-7(5-8)6-12(9,10)4-3-11-2/h7H,3-4,6H2,1-2H3. The summed E-state index contributed by atoms with van der Waals surface area (Å²) in [6.45, 7) is 1.78. The molecule has 0 aromatic heterocycles. The van der Waals surface area contributed by atoms with Crippen molar-refractivity contribution in [2.45, 2.75) is 6.92 Å². The van der Waals surface area contributed by atoms with Gasteiger partial charge in [-0.3, -0.25) is 0 Å². The van der Waals surface area contributed by atoms with Gasteiger partial charge in [0, 0.05) is 7.11 Å². The summed E-state index contributed by atoms with van der Waals surface area (Å²) in [5.41, 5.74) is 0. The van der Waals surface area contributed by atoms with Crippen molar-refractivity contribution in [2.75, 3.05) is 25.2 Å². The number of nitrogens with zero attached hydrogens (tertiary/aromatic N) is 1. The molecule has 0 radical (unpaired) electrons. The maximum absolute atomic E-state index is 11.1. The number of rotatable bonds is 5. The van der Waals surface area contributed by atoms with Gasteiger partial charge in [0.1, 0.15) is 0 Å². The van der Waals surface area contributed by atoms with E-state index in [0.717, 1.165) is 0 Å². The topological polar surface area (TPSA) is 67.2 Å². The van der Waals surface area contributed by atoms with E-state index in [9.17, 15) is 8.42 Å². The molecule has 0 aliphatic heterocycles. The quantitative estimate of drug-likeness (QED) is 0.623. The average Bonchev–Trinajstić information content (AvgIpc) is 2.00. The van der Waals surface area contributed by atoms with E-state index in [1.54, 1.807) is 6.92 Å². The summed E-state index contributed by atoms with van der Waals surface area (Å²) in [5, 5.41) is 8.38. The molecule has 1 atom stereocenters. The largest absolute Gasteiger partial charge is 0.384 e. The van der Waals surface area contributed by atoms with Crippen molar-refractivity contribution < 1.29 is 13.2 Å². The molecule has 0 fully saturated rings. The first-order chi connectivity index (χ1) is 5.52. The van der Waals surface area contributed by atoms with Gasteiger partial charge in [0.25, 0.3) is 0 Å². The zero-order valence-corrected chi connectivity index (χ0v) is 8.10. The van der Waals surface area contributed by atoms with E-state index in [1.165, 1.54) is 7.11 Å². The second kappa shape index (κ2) is 5.12. The van der Waals surface area contributed by atoms with Crippen molar-refractivity contribution >= 4 is 9.84 Å². The Morgan fingerprint density at radius 3 is 2.58 bits per heavy atom. The predicted molar refractivity (Wildman–Crippen MR) is 45.3 cm³/mol. The van der Waals surface area contributed by atoms with E-state index >= 15 is 0 Å². The lowest BCUT2D eigenvalue weighted by molar-refractivity contribution is 0.217. The Morgan fingerprint density at radius 2 is 2.17 bits per heavy atom. The number of hydrogen-bond acceptors (Lipinski definition) is 4. The van der Waals surface area contributed by atoms with E-state index < -0.39 is 15.8 Å². The highest BCUT2D eigenvalue weighted by Gasteiger charge is 2.14. The van der Waals surface area contributed by atoms with Crippen molar-refractivity contribution in [2.24, 2.45) is 5.92 Å². The molecule has 0 saturated heterocycles. The molecule has 0 spiro atoms. The lowest BCUT2D eigenvalue weighted by Gasteiger charge is -2.03. The van der Waals surface area contributed by atoms with Crippen LogP contribution in [0.4, 0.5) is 0 Å². The van der Waals surface area contributed by atoms with E-state index in [-0.39, 0.29) is 18.1 Å². The fourth-order valence-electron chi connectivity index (χ4n) is 0.712. The normalized spacial score (nSPS) is 13.8. The zero-order chi connectivity index (χ0) is 9.61. The smallest absolute Gasteiger partial charge is 0.153 e. The van der Waals surface area contributed by atoms with Crippen molar-refractivity contribution in [3.63, 3.8) is 0 Å². The van der Waals surface area contributed by atoms with Gasteiger partial charge in [-0.05, 0) is 6.92 Å². The highest BCUT2D eigenvalue weighted by molar-refractivity contribution is 7.91. The highest BCUT2D eigenvalue weighted by atomic mass is 32.2. The van der Waals surface area contributed by atoms with Gasteiger partial charge in [0.2, 0.25) is 0 Å². The summed E-state index contributed by atoms with van der Waals surface area (Å²) in [4.78, 5) is 0. The van der Waals surface area contributed by atoms with Crippen LogP contribution in [-0.2, 0) is 14.6 Å². The molecule has 0 heterocycles. The van der Waals surface area contributed by atoms with Crippen molar-refractivity contribution in [1.82, 2.24) is 0 Å². The summed E-state index contributed by atoms with van der Waals surface area (Å²) >= 11 is 0. The molecule has 70 valence electrons. The molecule has 0 amide bonds. The Bertz CT molecular complexity index is 252.